The number of nitrogens with one attached hydrogen (secondary N) is 1. The van der Waals surface area contributed by atoms with Gasteiger partial charge in [-0.25, -0.2) is 0 Å². The zero-order valence-electron chi connectivity index (χ0n) is 14.0. The molecule has 0 spiro atoms. The fourth-order valence-electron chi connectivity index (χ4n) is 3.03. The Labute approximate surface area is 152 Å². The van der Waals surface area contributed by atoms with Crippen molar-refractivity contribution in [2.24, 2.45) is 5.92 Å². The van der Waals surface area contributed by atoms with E-state index in [0.717, 1.165) is 52.6 Å². The maximum atomic E-state index is 12.3. The van der Waals surface area contributed by atoms with Crippen LogP contribution in [0.4, 0.5) is 10.7 Å². The number of amides is 1. The minimum absolute atomic E-state index is 0.268. The average molecular weight is 372 g/mol. The van der Waals surface area contributed by atoms with Gasteiger partial charge in [-0.1, -0.05) is 6.92 Å². The Bertz CT molecular complexity index is 986. The molecule has 2 heterocycles. The first kappa shape index (κ1) is 17.8. The maximum absolute atomic E-state index is 12.3. The van der Waals surface area contributed by atoms with Gasteiger partial charge in [0, 0.05) is 17.0 Å². The van der Waals surface area contributed by atoms with Crippen LogP contribution in [0.1, 0.15) is 29.3 Å². The van der Waals surface area contributed by atoms with Crippen molar-refractivity contribution in [2.45, 2.75) is 32.7 Å². The average Bonchev–Trinajstić information content (AvgIpc) is 2.92. The molecule has 0 aliphatic heterocycles. The molecule has 3 rings (SSSR count). The van der Waals surface area contributed by atoms with Gasteiger partial charge in [0.15, 0.2) is 0 Å². The van der Waals surface area contributed by atoms with Gasteiger partial charge in [-0.2, -0.15) is 5.26 Å². The van der Waals surface area contributed by atoms with Crippen molar-refractivity contribution in [3.05, 3.63) is 54.8 Å². The predicted molar refractivity (Wildman–Crippen MR) is 96.2 cm³/mol. The molecular formula is C17H16N4O4S. The lowest BCUT2D eigenvalue weighted by Gasteiger charge is -2.17. The van der Waals surface area contributed by atoms with Gasteiger partial charge in [-0.05, 0) is 30.7 Å². The van der Waals surface area contributed by atoms with Crippen molar-refractivity contribution < 1.29 is 9.72 Å². The number of pyridine rings is 1. The molecule has 2 aromatic rings. The number of rotatable bonds is 4. The standard InChI is InChI=1S/C17H16N4O4S/c1-10-2-4-12-13(7-18)17(26-14(12)6-10)19-15(22)9-20-8-11(21(24)25)3-5-16(20)23/h3,5,8,10H,2,4,6,9H2,1H3,(H,19,22). The molecule has 1 amide bonds. The Morgan fingerprint density at radius 2 is 2.31 bits per heavy atom. The summed E-state index contributed by atoms with van der Waals surface area (Å²) in [6.45, 7) is 1.80. The van der Waals surface area contributed by atoms with Crippen LogP contribution in [0.2, 0.25) is 0 Å². The molecular weight excluding hydrogens is 356 g/mol. The van der Waals surface area contributed by atoms with Gasteiger partial charge in [0.2, 0.25) is 5.91 Å². The first-order valence-corrected chi connectivity index (χ1v) is 8.90. The fraction of sp³-hybridized carbons (Fsp3) is 0.353. The van der Waals surface area contributed by atoms with Crippen molar-refractivity contribution in [1.29, 1.82) is 5.26 Å². The number of nitro groups is 1. The summed E-state index contributed by atoms with van der Waals surface area (Å²) >= 11 is 1.39. The monoisotopic (exact) mass is 372 g/mol. The molecule has 26 heavy (non-hydrogen) atoms. The van der Waals surface area contributed by atoms with Crippen molar-refractivity contribution in [3.63, 3.8) is 0 Å². The van der Waals surface area contributed by atoms with E-state index in [2.05, 4.69) is 18.3 Å². The number of hydrogen-bond donors (Lipinski definition) is 1. The van der Waals surface area contributed by atoms with Crippen LogP contribution in [-0.4, -0.2) is 15.4 Å². The molecule has 1 N–H and O–H groups in total. The summed E-state index contributed by atoms with van der Waals surface area (Å²) in [5, 5.41) is 23.4. The second kappa shape index (κ2) is 7.09. The van der Waals surface area contributed by atoms with Gasteiger partial charge in [-0.3, -0.25) is 24.3 Å². The van der Waals surface area contributed by atoms with E-state index in [1.54, 1.807) is 0 Å². The van der Waals surface area contributed by atoms with Gasteiger partial charge in [0.05, 0.1) is 16.7 Å². The molecule has 0 aromatic carbocycles. The summed E-state index contributed by atoms with van der Waals surface area (Å²) in [5.74, 6) is 0.0374. The molecule has 1 atom stereocenters. The summed E-state index contributed by atoms with van der Waals surface area (Å²) in [4.78, 5) is 35.4. The molecule has 0 fully saturated rings. The zero-order chi connectivity index (χ0) is 18.8. The molecule has 1 unspecified atom stereocenters. The third kappa shape index (κ3) is 3.50. The van der Waals surface area contributed by atoms with E-state index in [4.69, 9.17) is 0 Å². The molecule has 8 nitrogen and oxygen atoms in total. The van der Waals surface area contributed by atoms with Crippen LogP contribution in [0, 0.1) is 27.4 Å². The van der Waals surface area contributed by atoms with E-state index < -0.39 is 16.4 Å². The van der Waals surface area contributed by atoms with Crippen molar-refractivity contribution in [3.8, 4) is 6.07 Å². The highest BCUT2D eigenvalue weighted by atomic mass is 32.1. The highest BCUT2D eigenvalue weighted by molar-refractivity contribution is 7.16. The molecule has 9 heteroatoms. The van der Waals surface area contributed by atoms with Gasteiger partial charge in [-0.15, -0.1) is 11.3 Å². The summed E-state index contributed by atoms with van der Waals surface area (Å²) < 4.78 is 0.981. The summed E-state index contributed by atoms with van der Waals surface area (Å²) in [6.07, 6.45) is 3.74. The Kier molecular flexibility index (Phi) is 4.86. The van der Waals surface area contributed by atoms with Crippen LogP contribution in [0.25, 0.3) is 0 Å². The number of anilines is 1. The van der Waals surface area contributed by atoms with E-state index in [1.165, 1.54) is 11.3 Å². The number of hydrogen-bond acceptors (Lipinski definition) is 6. The van der Waals surface area contributed by atoms with Crippen LogP contribution in [0.15, 0.2) is 23.1 Å². The zero-order valence-corrected chi connectivity index (χ0v) is 14.8. The number of fused-ring (bicyclic) bond motifs is 1. The Morgan fingerprint density at radius 3 is 3.00 bits per heavy atom. The van der Waals surface area contributed by atoms with E-state index in [0.29, 0.717) is 16.5 Å². The molecule has 1 aliphatic rings. The second-order valence-corrected chi connectivity index (χ2v) is 7.43. The van der Waals surface area contributed by atoms with Gasteiger partial charge in [0.1, 0.15) is 17.6 Å². The number of thiophene rings is 1. The first-order valence-electron chi connectivity index (χ1n) is 8.08. The van der Waals surface area contributed by atoms with Gasteiger partial charge >= 0.3 is 0 Å². The van der Waals surface area contributed by atoms with Crippen LogP contribution in [-0.2, 0) is 24.2 Å². The molecule has 2 aromatic heterocycles. The highest BCUT2D eigenvalue weighted by Gasteiger charge is 2.24. The number of nitriles is 1. The predicted octanol–water partition coefficient (Wildman–Crippen LogP) is 2.45. The third-order valence-electron chi connectivity index (χ3n) is 4.37. The Hall–Kier alpha value is -2.99. The van der Waals surface area contributed by atoms with Gasteiger partial charge < -0.3 is 5.32 Å². The highest BCUT2D eigenvalue weighted by Crippen LogP contribution is 2.39. The van der Waals surface area contributed by atoms with Crippen molar-refractivity contribution >= 4 is 27.9 Å². The second-order valence-electron chi connectivity index (χ2n) is 6.33. The van der Waals surface area contributed by atoms with Crippen molar-refractivity contribution in [1.82, 2.24) is 4.57 Å². The number of aromatic nitrogens is 1. The fourth-order valence-corrected chi connectivity index (χ4v) is 4.41. The van der Waals surface area contributed by atoms with Crippen LogP contribution in [0.3, 0.4) is 0 Å². The molecule has 0 saturated carbocycles. The summed E-state index contributed by atoms with van der Waals surface area (Å²) in [6, 6.07) is 4.31. The van der Waals surface area contributed by atoms with Crippen LogP contribution in [0.5, 0.6) is 0 Å². The first-order chi connectivity index (χ1) is 12.4. The smallest absolute Gasteiger partial charge is 0.285 e. The quantitative estimate of drug-likeness (QED) is 0.653. The van der Waals surface area contributed by atoms with E-state index in [-0.39, 0.29) is 12.2 Å². The molecule has 134 valence electrons. The number of nitrogens with zero attached hydrogens (tertiary/aromatic N) is 3. The minimum Gasteiger partial charge on any atom is -0.315 e. The van der Waals surface area contributed by atoms with E-state index >= 15 is 0 Å². The van der Waals surface area contributed by atoms with Gasteiger partial charge in [0.25, 0.3) is 11.2 Å². The Morgan fingerprint density at radius 1 is 1.54 bits per heavy atom. The topological polar surface area (TPSA) is 118 Å². The lowest BCUT2D eigenvalue weighted by molar-refractivity contribution is -0.385. The molecule has 0 bridgehead atoms. The Balaban J connectivity index is 1.81. The number of carbonyl (C=O) groups is 1. The van der Waals surface area contributed by atoms with Crippen molar-refractivity contribution in [2.75, 3.05) is 5.32 Å². The summed E-state index contributed by atoms with van der Waals surface area (Å²) in [5.41, 5.74) is 0.705. The minimum atomic E-state index is -0.629. The molecule has 0 saturated heterocycles. The SMILES string of the molecule is CC1CCc2c(sc(NC(=O)Cn3cc([N+](=O)[O-])ccc3=O)c2C#N)C1. The lowest BCUT2D eigenvalue weighted by Crippen LogP contribution is -2.26. The number of carbonyl (C=O) groups excluding carboxylic acids is 1. The third-order valence-corrected chi connectivity index (χ3v) is 5.54. The van der Waals surface area contributed by atoms with Crippen LogP contribution >= 0.6 is 11.3 Å². The molecule has 0 radical (unpaired) electrons. The maximum Gasteiger partial charge on any atom is 0.285 e. The lowest BCUT2D eigenvalue weighted by atomic mass is 9.89. The molecule has 1 aliphatic carbocycles. The largest absolute Gasteiger partial charge is 0.315 e. The van der Waals surface area contributed by atoms with Crippen LogP contribution < -0.4 is 10.9 Å². The summed E-state index contributed by atoms with van der Waals surface area (Å²) in [7, 11) is 0. The van der Waals surface area contributed by atoms with E-state index in [9.17, 15) is 25.0 Å². The normalized spacial score (nSPS) is 15.8. The van der Waals surface area contributed by atoms with E-state index in [1.807, 2.05) is 0 Å².